The molecule has 0 aliphatic carbocycles. The minimum Gasteiger partial charge on any atom is -0.370 e. The van der Waals surface area contributed by atoms with Gasteiger partial charge in [-0.1, -0.05) is 36.4 Å². The number of likely N-dealkylation sites (N-methyl/N-ethyl adjacent to an activating group) is 1. The summed E-state index contributed by atoms with van der Waals surface area (Å²) in [4.78, 5) is 13.5. The molecule has 8 rings (SSSR count). The predicted molar refractivity (Wildman–Crippen MR) is 149 cm³/mol. The zero-order chi connectivity index (χ0) is 26.1. The molecule has 1 saturated heterocycles. The van der Waals surface area contributed by atoms with E-state index in [4.69, 9.17) is 9.47 Å². The maximum Gasteiger partial charge on any atom is 0.252 e. The zero-order valence-corrected chi connectivity index (χ0v) is 22.5. The number of aromatic nitrogens is 2. The Balaban J connectivity index is 1.67. The second-order valence-corrected chi connectivity index (χ2v) is 11.9. The van der Waals surface area contributed by atoms with Crippen LogP contribution < -0.4 is 5.32 Å². The van der Waals surface area contributed by atoms with Crippen LogP contribution in [0.1, 0.15) is 42.4 Å². The van der Waals surface area contributed by atoms with Gasteiger partial charge in [-0.2, -0.15) is 0 Å². The Morgan fingerprint density at radius 1 is 1.05 bits per heavy atom. The van der Waals surface area contributed by atoms with E-state index in [0.717, 1.165) is 72.2 Å². The van der Waals surface area contributed by atoms with Gasteiger partial charge >= 0.3 is 0 Å². The molecule has 0 radical (unpaired) electrons. The largest absolute Gasteiger partial charge is 0.370 e. The van der Waals surface area contributed by atoms with Crippen LogP contribution in [-0.2, 0) is 21.7 Å². The number of amides is 1. The van der Waals surface area contributed by atoms with Crippen LogP contribution in [0.3, 0.4) is 0 Å². The van der Waals surface area contributed by atoms with Crippen LogP contribution in [0.4, 0.5) is 0 Å². The number of para-hydroxylation sites is 2. The van der Waals surface area contributed by atoms with Crippen molar-refractivity contribution in [2.24, 2.45) is 0 Å². The summed E-state index contributed by atoms with van der Waals surface area (Å²) in [6.45, 7) is 5.97. The van der Waals surface area contributed by atoms with E-state index >= 15 is 0 Å². The Hall–Kier alpha value is -3.39. The lowest BCUT2D eigenvalue weighted by molar-refractivity contribution is -0.921. The maximum atomic E-state index is 13.5. The molecule has 2 aromatic heterocycles. The highest BCUT2D eigenvalue weighted by molar-refractivity contribution is 6.31. The van der Waals surface area contributed by atoms with E-state index in [1.54, 1.807) is 0 Å². The van der Waals surface area contributed by atoms with Crippen LogP contribution in [0.25, 0.3) is 43.6 Å². The number of hydrogen-bond acceptors (Lipinski definition) is 3. The summed E-state index contributed by atoms with van der Waals surface area (Å²) in [5.74, 6) is 0.0115. The van der Waals surface area contributed by atoms with Crippen molar-refractivity contribution in [2.75, 3.05) is 27.7 Å². The molecule has 0 saturated carbocycles. The van der Waals surface area contributed by atoms with Gasteiger partial charge < -0.3 is 28.4 Å². The minimum atomic E-state index is -0.758. The topological polar surface area (TPSA) is 57.4 Å². The molecule has 5 aromatic rings. The summed E-state index contributed by atoms with van der Waals surface area (Å²) >= 11 is 0. The van der Waals surface area contributed by atoms with Crippen molar-refractivity contribution >= 4 is 49.5 Å². The third-order valence-corrected chi connectivity index (χ3v) is 9.91. The molecule has 2 bridgehead atoms. The number of fused-ring (bicyclic) bond motifs is 13. The van der Waals surface area contributed by atoms with Crippen molar-refractivity contribution in [2.45, 2.75) is 50.9 Å². The third kappa shape index (κ3) is 2.44. The third-order valence-electron chi connectivity index (χ3n) is 9.91. The van der Waals surface area contributed by atoms with Crippen LogP contribution >= 0.6 is 0 Å². The normalized spacial score (nSPS) is 26.6. The van der Waals surface area contributed by atoms with Crippen molar-refractivity contribution in [1.82, 2.24) is 14.5 Å². The molecule has 7 nitrogen and oxygen atoms in total. The number of benzene rings is 3. The summed E-state index contributed by atoms with van der Waals surface area (Å²) in [6.07, 6.45) is 0.440. The number of rotatable bonds is 3. The quantitative estimate of drug-likeness (QED) is 0.339. The summed E-state index contributed by atoms with van der Waals surface area (Å²) in [5, 5.41) is 7.60. The fourth-order valence-corrected chi connectivity index (χ4v) is 7.92. The highest BCUT2D eigenvalue weighted by Crippen LogP contribution is 2.54. The van der Waals surface area contributed by atoms with Crippen molar-refractivity contribution in [1.29, 1.82) is 0 Å². The molecule has 1 N–H and O–H groups in total. The van der Waals surface area contributed by atoms with E-state index in [1.807, 2.05) is 7.11 Å². The van der Waals surface area contributed by atoms with Crippen molar-refractivity contribution < 1.29 is 18.8 Å². The Morgan fingerprint density at radius 3 is 2.45 bits per heavy atom. The monoisotopic (exact) mass is 509 g/mol. The average Bonchev–Trinajstić information content (AvgIpc) is 3.56. The number of carbonyl (C=O) groups excluding carboxylic acids is 1. The minimum absolute atomic E-state index is 0.0115. The molecule has 1 fully saturated rings. The van der Waals surface area contributed by atoms with E-state index in [9.17, 15) is 4.79 Å². The first-order chi connectivity index (χ1) is 18.3. The van der Waals surface area contributed by atoms with Gasteiger partial charge in [0.15, 0.2) is 11.8 Å². The fourth-order valence-electron chi connectivity index (χ4n) is 7.92. The lowest BCUT2D eigenvalue weighted by Crippen LogP contribution is -2.65. The zero-order valence-electron chi connectivity index (χ0n) is 22.5. The first-order valence-corrected chi connectivity index (χ1v) is 13.6. The van der Waals surface area contributed by atoms with Crippen molar-refractivity contribution in [3.05, 3.63) is 59.7 Å². The molecule has 3 aliphatic heterocycles. The van der Waals surface area contributed by atoms with Gasteiger partial charge in [-0.05, 0) is 31.5 Å². The second-order valence-electron chi connectivity index (χ2n) is 11.9. The lowest BCUT2D eigenvalue weighted by atomic mass is 9.90. The van der Waals surface area contributed by atoms with Crippen molar-refractivity contribution in [3.63, 3.8) is 0 Å². The highest BCUT2D eigenvalue weighted by atomic mass is 16.6. The van der Waals surface area contributed by atoms with Gasteiger partial charge in [-0.3, -0.25) is 4.79 Å². The van der Waals surface area contributed by atoms with E-state index in [1.165, 1.54) is 0 Å². The van der Waals surface area contributed by atoms with Crippen LogP contribution in [0.5, 0.6) is 0 Å². The number of methoxy groups -OCH3 is 1. The standard InChI is InChI=1S/C31H32N4O3/c1-6-35(3,4)22-15-23-33-20-13-9-7-11-17(20)25-26-19(16-32-30(26)36)24-18-12-8-10-14-21(18)34(28(24)27(25)33)31(2,38-23)29(22)37-5/h7-14,22-23,29H,6,15-16H2,1-5H3/p+1/t22-,23-,29-,31+/m1/s1. The number of nitrogens with zero attached hydrogens (tertiary/aromatic N) is 3. The van der Waals surface area contributed by atoms with Crippen LogP contribution in [0.2, 0.25) is 0 Å². The first-order valence-electron chi connectivity index (χ1n) is 13.6. The molecular formula is C31H33N4O3+. The first kappa shape index (κ1) is 22.6. The summed E-state index contributed by atoms with van der Waals surface area (Å²) < 4.78 is 19.3. The van der Waals surface area contributed by atoms with Crippen LogP contribution in [0, 0.1) is 0 Å². The Labute approximate surface area is 221 Å². The second kappa shape index (κ2) is 7.17. The Kier molecular flexibility index (Phi) is 4.26. The van der Waals surface area contributed by atoms with E-state index in [0.29, 0.717) is 6.54 Å². The van der Waals surface area contributed by atoms with Gasteiger partial charge in [0, 0.05) is 41.6 Å². The average molecular weight is 510 g/mol. The summed E-state index contributed by atoms with van der Waals surface area (Å²) in [5.41, 5.74) is 5.61. The number of nitrogens with one attached hydrogen (secondary N) is 1. The molecule has 7 heteroatoms. The molecule has 1 amide bonds. The van der Waals surface area contributed by atoms with Crippen molar-refractivity contribution in [3.8, 4) is 0 Å². The molecule has 0 spiro atoms. The maximum absolute atomic E-state index is 13.5. The van der Waals surface area contributed by atoms with Gasteiger partial charge in [-0.15, -0.1) is 0 Å². The molecule has 194 valence electrons. The predicted octanol–water partition coefficient (Wildman–Crippen LogP) is 5.23. The summed E-state index contributed by atoms with van der Waals surface area (Å²) in [6, 6.07) is 17.3. The molecule has 38 heavy (non-hydrogen) atoms. The molecular weight excluding hydrogens is 476 g/mol. The van der Waals surface area contributed by atoms with Gasteiger partial charge in [0.2, 0.25) is 0 Å². The number of ether oxygens (including phenoxy) is 2. The van der Waals surface area contributed by atoms with E-state index < -0.39 is 5.72 Å². The molecule has 0 unspecified atom stereocenters. The van der Waals surface area contributed by atoms with Gasteiger partial charge in [0.05, 0.1) is 48.3 Å². The molecule has 5 heterocycles. The lowest BCUT2D eigenvalue weighted by Gasteiger charge is -2.52. The SMILES string of the molecule is CC[N+](C)(C)[C@@H]1C[C@H]2O[C@@](C)([C@@H]1OC)n1c3ccccc3c3c4c(c5c6ccccc6n2c5c31)C(=O)NC4. The number of carbonyl (C=O) groups is 1. The Morgan fingerprint density at radius 2 is 1.74 bits per heavy atom. The van der Waals surface area contributed by atoms with Crippen LogP contribution in [0.15, 0.2) is 48.5 Å². The molecule has 3 aromatic carbocycles. The highest BCUT2D eigenvalue weighted by Gasteiger charge is 2.57. The van der Waals surface area contributed by atoms with Gasteiger partial charge in [0.1, 0.15) is 12.3 Å². The summed E-state index contributed by atoms with van der Waals surface area (Å²) in [7, 11) is 6.43. The number of hydrogen-bond donors (Lipinski definition) is 1. The smallest absolute Gasteiger partial charge is 0.252 e. The van der Waals surface area contributed by atoms with Crippen LogP contribution in [-0.4, -0.2) is 59.4 Å². The Bertz CT molecular complexity index is 1850. The fraction of sp³-hybridized carbons (Fsp3) is 0.387. The van der Waals surface area contributed by atoms with Gasteiger partial charge in [0.25, 0.3) is 5.91 Å². The van der Waals surface area contributed by atoms with Gasteiger partial charge in [-0.25, -0.2) is 0 Å². The van der Waals surface area contributed by atoms with E-state index in [2.05, 4.69) is 90.9 Å². The molecule has 4 atom stereocenters. The number of quaternary nitrogens is 1. The molecule has 3 aliphatic rings. The van der Waals surface area contributed by atoms with E-state index in [-0.39, 0.29) is 24.3 Å².